The van der Waals surface area contributed by atoms with Gasteiger partial charge in [-0.25, -0.2) is 8.42 Å². The standard InChI is InChI=1S/C11H17N3O4S/c1-7(15)6-14(2)19(17,18)10-4-3-8(11(13)16)5-9(10)12/h3-5,7,15H,6,12H2,1-2H3,(H2,13,16). The zero-order valence-electron chi connectivity index (χ0n) is 10.7. The number of aliphatic hydroxyl groups is 1. The van der Waals surface area contributed by atoms with Gasteiger partial charge in [-0.05, 0) is 25.1 Å². The molecule has 0 saturated heterocycles. The first-order valence-electron chi connectivity index (χ1n) is 5.50. The quantitative estimate of drug-likeness (QED) is 0.621. The molecule has 0 bridgehead atoms. The Kier molecular flexibility index (Phi) is 4.51. The van der Waals surface area contributed by atoms with Gasteiger partial charge in [0.1, 0.15) is 4.90 Å². The third-order valence-electron chi connectivity index (χ3n) is 2.50. The number of primary amides is 1. The second kappa shape index (κ2) is 5.55. The molecule has 0 heterocycles. The molecule has 1 atom stereocenters. The fourth-order valence-corrected chi connectivity index (χ4v) is 2.92. The van der Waals surface area contributed by atoms with Crippen LogP contribution in [-0.2, 0) is 10.0 Å². The smallest absolute Gasteiger partial charge is 0.248 e. The van der Waals surface area contributed by atoms with E-state index in [1.165, 1.54) is 32.2 Å². The fourth-order valence-electron chi connectivity index (χ4n) is 1.57. The molecule has 0 spiro atoms. The highest BCUT2D eigenvalue weighted by Crippen LogP contribution is 2.22. The number of aliphatic hydroxyl groups excluding tert-OH is 1. The third kappa shape index (κ3) is 3.43. The molecule has 1 amide bonds. The number of rotatable bonds is 5. The Morgan fingerprint density at radius 1 is 1.47 bits per heavy atom. The lowest BCUT2D eigenvalue weighted by molar-refractivity contribution is 0.1000. The number of nitrogen functional groups attached to an aromatic ring is 1. The van der Waals surface area contributed by atoms with Gasteiger partial charge in [-0.15, -0.1) is 0 Å². The predicted molar refractivity (Wildman–Crippen MR) is 70.9 cm³/mol. The van der Waals surface area contributed by atoms with E-state index in [-0.39, 0.29) is 22.7 Å². The summed E-state index contributed by atoms with van der Waals surface area (Å²) in [5.41, 5.74) is 10.8. The van der Waals surface area contributed by atoms with Gasteiger partial charge in [-0.1, -0.05) is 0 Å². The average molecular weight is 287 g/mol. The van der Waals surface area contributed by atoms with Crippen molar-refractivity contribution in [1.29, 1.82) is 0 Å². The van der Waals surface area contributed by atoms with Gasteiger partial charge in [0.15, 0.2) is 0 Å². The minimum atomic E-state index is -3.81. The summed E-state index contributed by atoms with van der Waals surface area (Å²) >= 11 is 0. The summed E-state index contributed by atoms with van der Waals surface area (Å²) in [4.78, 5) is 10.8. The van der Waals surface area contributed by atoms with Gasteiger partial charge in [0.05, 0.1) is 11.8 Å². The van der Waals surface area contributed by atoms with E-state index in [4.69, 9.17) is 11.5 Å². The first kappa shape index (κ1) is 15.4. The SMILES string of the molecule is CC(O)CN(C)S(=O)(=O)c1ccc(C(N)=O)cc1N. The summed E-state index contributed by atoms with van der Waals surface area (Å²) in [7, 11) is -2.47. The Morgan fingerprint density at radius 2 is 2.05 bits per heavy atom. The van der Waals surface area contributed by atoms with Crippen LogP contribution in [0, 0.1) is 0 Å². The van der Waals surface area contributed by atoms with Crippen LogP contribution in [0.2, 0.25) is 0 Å². The maximum Gasteiger partial charge on any atom is 0.248 e. The number of hydrogen-bond acceptors (Lipinski definition) is 5. The van der Waals surface area contributed by atoms with Gasteiger partial charge in [0.25, 0.3) is 0 Å². The van der Waals surface area contributed by atoms with Gasteiger partial charge in [0.2, 0.25) is 15.9 Å². The lowest BCUT2D eigenvalue weighted by atomic mass is 10.2. The van der Waals surface area contributed by atoms with E-state index < -0.39 is 22.0 Å². The normalized spacial score (nSPS) is 13.5. The Balaban J connectivity index is 3.19. The molecule has 1 rings (SSSR count). The first-order valence-corrected chi connectivity index (χ1v) is 6.94. The molecule has 0 aliphatic carbocycles. The van der Waals surface area contributed by atoms with Crippen molar-refractivity contribution in [2.24, 2.45) is 5.73 Å². The van der Waals surface area contributed by atoms with E-state index in [2.05, 4.69) is 0 Å². The number of sulfonamides is 1. The number of likely N-dealkylation sites (N-methyl/N-ethyl adjacent to an activating group) is 1. The molecule has 0 aromatic heterocycles. The Morgan fingerprint density at radius 3 is 2.47 bits per heavy atom. The van der Waals surface area contributed by atoms with E-state index in [0.29, 0.717) is 0 Å². The molecular weight excluding hydrogens is 270 g/mol. The van der Waals surface area contributed by atoms with Gasteiger partial charge in [-0.2, -0.15) is 4.31 Å². The highest BCUT2D eigenvalue weighted by molar-refractivity contribution is 7.89. The van der Waals surface area contributed by atoms with Crippen LogP contribution >= 0.6 is 0 Å². The minimum Gasteiger partial charge on any atom is -0.398 e. The van der Waals surface area contributed by atoms with Crippen LogP contribution in [0.1, 0.15) is 17.3 Å². The number of anilines is 1. The van der Waals surface area contributed by atoms with Gasteiger partial charge in [-0.3, -0.25) is 4.79 Å². The number of benzene rings is 1. The van der Waals surface area contributed by atoms with Crippen LogP contribution in [0.4, 0.5) is 5.69 Å². The molecule has 106 valence electrons. The van der Waals surface area contributed by atoms with E-state index in [1.807, 2.05) is 0 Å². The summed E-state index contributed by atoms with van der Waals surface area (Å²) < 4.78 is 25.4. The molecule has 5 N–H and O–H groups in total. The molecule has 1 aromatic rings. The fraction of sp³-hybridized carbons (Fsp3) is 0.364. The van der Waals surface area contributed by atoms with Crippen LogP contribution in [-0.4, -0.2) is 43.4 Å². The number of carbonyl (C=O) groups is 1. The zero-order chi connectivity index (χ0) is 14.8. The molecule has 0 aliphatic heterocycles. The Hall–Kier alpha value is -1.64. The molecule has 0 radical (unpaired) electrons. The zero-order valence-corrected chi connectivity index (χ0v) is 11.5. The predicted octanol–water partition coefficient (Wildman–Crippen LogP) is -0.631. The van der Waals surface area contributed by atoms with Crippen molar-refractivity contribution >= 4 is 21.6 Å². The van der Waals surface area contributed by atoms with Gasteiger partial charge >= 0.3 is 0 Å². The van der Waals surface area contributed by atoms with Crippen molar-refractivity contribution in [3.63, 3.8) is 0 Å². The monoisotopic (exact) mass is 287 g/mol. The summed E-state index contributed by atoms with van der Waals surface area (Å²) in [6.45, 7) is 1.42. The number of amides is 1. The highest BCUT2D eigenvalue weighted by atomic mass is 32.2. The van der Waals surface area contributed by atoms with Crippen molar-refractivity contribution in [3.8, 4) is 0 Å². The van der Waals surface area contributed by atoms with Crippen molar-refractivity contribution < 1.29 is 18.3 Å². The maximum atomic E-state index is 12.2. The number of nitrogens with two attached hydrogens (primary N) is 2. The number of hydrogen-bond donors (Lipinski definition) is 3. The largest absolute Gasteiger partial charge is 0.398 e. The summed E-state index contributed by atoms with van der Waals surface area (Å²) in [6.07, 6.45) is -0.800. The molecule has 19 heavy (non-hydrogen) atoms. The van der Waals surface area contributed by atoms with Crippen LogP contribution in [0.3, 0.4) is 0 Å². The topological polar surface area (TPSA) is 127 Å². The maximum absolute atomic E-state index is 12.2. The van der Waals surface area contributed by atoms with Crippen LogP contribution in [0.25, 0.3) is 0 Å². The summed E-state index contributed by atoms with van der Waals surface area (Å²) in [5.74, 6) is -0.687. The average Bonchev–Trinajstić information content (AvgIpc) is 2.27. The number of carbonyl (C=O) groups excluding carboxylic acids is 1. The van der Waals surface area contributed by atoms with Crippen molar-refractivity contribution in [1.82, 2.24) is 4.31 Å². The van der Waals surface area contributed by atoms with Gasteiger partial charge < -0.3 is 16.6 Å². The second-order valence-electron chi connectivity index (χ2n) is 4.25. The molecule has 1 aromatic carbocycles. The summed E-state index contributed by atoms with van der Waals surface area (Å²) in [6, 6.07) is 3.73. The van der Waals surface area contributed by atoms with Crippen molar-refractivity contribution in [3.05, 3.63) is 23.8 Å². The Labute approximate surface area is 111 Å². The van der Waals surface area contributed by atoms with Crippen LogP contribution in [0.5, 0.6) is 0 Å². The molecular formula is C11H17N3O4S. The molecule has 8 heteroatoms. The molecule has 1 unspecified atom stereocenters. The van der Waals surface area contributed by atoms with Crippen LogP contribution in [0.15, 0.2) is 23.1 Å². The molecule has 0 fully saturated rings. The molecule has 7 nitrogen and oxygen atoms in total. The lowest BCUT2D eigenvalue weighted by Crippen LogP contribution is -2.33. The Bertz CT molecular complexity index is 584. The van der Waals surface area contributed by atoms with E-state index in [9.17, 15) is 18.3 Å². The van der Waals surface area contributed by atoms with E-state index in [0.717, 1.165) is 4.31 Å². The van der Waals surface area contributed by atoms with Gasteiger partial charge in [0, 0.05) is 19.2 Å². The lowest BCUT2D eigenvalue weighted by Gasteiger charge is -2.19. The second-order valence-corrected chi connectivity index (χ2v) is 6.26. The van der Waals surface area contributed by atoms with E-state index in [1.54, 1.807) is 0 Å². The van der Waals surface area contributed by atoms with Crippen molar-refractivity contribution in [2.45, 2.75) is 17.9 Å². The van der Waals surface area contributed by atoms with Crippen molar-refractivity contribution in [2.75, 3.05) is 19.3 Å². The highest BCUT2D eigenvalue weighted by Gasteiger charge is 2.24. The number of nitrogens with zero attached hydrogens (tertiary/aromatic N) is 1. The summed E-state index contributed by atoms with van der Waals surface area (Å²) in [5, 5.41) is 9.22. The third-order valence-corrected chi connectivity index (χ3v) is 4.40. The van der Waals surface area contributed by atoms with E-state index >= 15 is 0 Å². The van der Waals surface area contributed by atoms with Crippen LogP contribution < -0.4 is 11.5 Å². The molecule has 0 saturated carbocycles. The molecule has 0 aliphatic rings. The first-order chi connectivity index (χ1) is 8.66. The minimum absolute atomic E-state index is 0.0562.